The maximum Gasteiger partial charge on any atom is 0.302 e. The first-order valence-electron chi connectivity index (χ1n) is 11.2. The molecule has 0 aromatic rings. The lowest BCUT2D eigenvalue weighted by atomic mass is 9.44. The molecular weight excluding hydrogens is 340 g/mol. The summed E-state index contributed by atoms with van der Waals surface area (Å²) in [5.74, 6) is 2.50. The molecule has 0 amide bonds. The number of ether oxygens (including phenoxy) is 2. The summed E-state index contributed by atoms with van der Waals surface area (Å²) in [6, 6.07) is 0. The minimum atomic E-state index is -0.189. The van der Waals surface area contributed by atoms with Crippen LogP contribution in [0.4, 0.5) is 0 Å². The normalized spacial score (nSPS) is 56.9. The number of hydrogen-bond donors (Lipinski definition) is 1. The molecule has 4 aliphatic carbocycles. The van der Waals surface area contributed by atoms with E-state index in [0.29, 0.717) is 17.4 Å². The van der Waals surface area contributed by atoms with Crippen LogP contribution < -0.4 is 0 Å². The molecule has 152 valence electrons. The largest absolute Gasteiger partial charge is 0.462 e. The van der Waals surface area contributed by atoms with Crippen LogP contribution >= 0.6 is 0 Å². The van der Waals surface area contributed by atoms with Gasteiger partial charge in [-0.05, 0) is 81.0 Å². The monoisotopic (exact) mass is 376 g/mol. The third-order valence-electron chi connectivity index (χ3n) is 10.0. The summed E-state index contributed by atoms with van der Waals surface area (Å²) in [6.07, 6.45) is 9.36. The highest BCUT2D eigenvalue weighted by Gasteiger charge is 2.76. The van der Waals surface area contributed by atoms with Crippen molar-refractivity contribution in [1.29, 1.82) is 0 Å². The van der Waals surface area contributed by atoms with Gasteiger partial charge in [-0.1, -0.05) is 13.8 Å². The number of rotatable bonds is 2. The van der Waals surface area contributed by atoms with E-state index in [4.69, 9.17) is 9.47 Å². The Kier molecular flexibility index (Phi) is 3.90. The quantitative estimate of drug-likeness (QED) is 0.582. The van der Waals surface area contributed by atoms with Gasteiger partial charge in [0, 0.05) is 18.8 Å². The first-order valence-corrected chi connectivity index (χ1v) is 11.2. The molecule has 5 rings (SSSR count). The summed E-state index contributed by atoms with van der Waals surface area (Å²) >= 11 is 0. The van der Waals surface area contributed by atoms with Gasteiger partial charge >= 0.3 is 5.97 Å². The van der Waals surface area contributed by atoms with E-state index in [1.807, 2.05) is 6.92 Å². The molecule has 5 fully saturated rings. The van der Waals surface area contributed by atoms with E-state index in [2.05, 4.69) is 13.8 Å². The zero-order chi connectivity index (χ0) is 19.2. The van der Waals surface area contributed by atoms with Crippen LogP contribution in [-0.4, -0.2) is 35.0 Å². The second-order valence-corrected chi connectivity index (χ2v) is 11.0. The van der Waals surface area contributed by atoms with Crippen LogP contribution in [-0.2, 0) is 14.3 Å². The molecule has 1 N–H and O–H groups in total. The van der Waals surface area contributed by atoms with Crippen LogP contribution in [0.1, 0.15) is 79.1 Å². The molecule has 0 aromatic heterocycles. The van der Waals surface area contributed by atoms with Crippen LogP contribution in [0, 0.1) is 34.5 Å². The Hall–Kier alpha value is -0.610. The molecule has 27 heavy (non-hydrogen) atoms. The Balaban J connectivity index is 1.41. The van der Waals surface area contributed by atoms with Gasteiger partial charge in [0.15, 0.2) is 0 Å². The van der Waals surface area contributed by atoms with Gasteiger partial charge < -0.3 is 14.6 Å². The van der Waals surface area contributed by atoms with Crippen molar-refractivity contribution in [2.24, 2.45) is 34.5 Å². The van der Waals surface area contributed by atoms with Crippen molar-refractivity contribution in [3.63, 3.8) is 0 Å². The van der Waals surface area contributed by atoms with Crippen molar-refractivity contribution < 1.29 is 19.4 Å². The Labute approximate surface area is 163 Å². The highest BCUT2D eigenvalue weighted by molar-refractivity contribution is 5.66. The van der Waals surface area contributed by atoms with E-state index in [1.165, 1.54) is 39.0 Å². The molecule has 5 aliphatic rings. The molecule has 0 radical (unpaired) electrons. The number of fused-ring (bicyclic) bond motifs is 4. The Morgan fingerprint density at radius 2 is 1.93 bits per heavy atom. The number of hydrogen-bond acceptors (Lipinski definition) is 4. The second-order valence-electron chi connectivity index (χ2n) is 11.0. The third-order valence-corrected chi connectivity index (χ3v) is 10.0. The first-order chi connectivity index (χ1) is 12.7. The molecule has 1 heterocycles. The van der Waals surface area contributed by atoms with Gasteiger partial charge in [-0.15, -0.1) is 0 Å². The number of carbonyl (C=O) groups is 1. The Morgan fingerprint density at radius 3 is 2.63 bits per heavy atom. The molecule has 0 bridgehead atoms. The second kappa shape index (κ2) is 5.72. The topological polar surface area (TPSA) is 59.1 Å². The molecule has 1 aliphatic heterocycles. The van der Waals surface area contributed by atoms with Gasteiger partial charge in [-0.3, -0.25) is 4.79 Å². The lowest BCUT2D eigenvalue weighted by molar-refractivity contribution is -0.158. The molecule has 4 saturated carbocycles. The minimum absolute atomic E-state index is 0.0390. The standard InChI is InChI=1S/C23H36O4/c1-13(24)17-5-6-18-16-11-20-23(27-20)12-15(26-14(2)25)7-10-22(23,4)19(16)8-9-21(17,18)3/h13,15-20,24H,5-12H2,1-4H3/t13-,15+,16+,17-,18+,19+,20-,21-,22-,23-/m1/s1. The summed E-state index contributed by atoms with van der Waals surface area (Å²) in [6.45, 7) is 8.47. The maximum atomic E-state index is 11.5. The van der Waals surface area contributed by atoms with Crippen molar-refractivity contribution >= 4 is 5.97 Å². The molecule has 4 nitrogen and oxygen atoms in total. The highest BCUT2D eigenvalue weighted by Crippen LogP contribution is 2.74. The van der Waals surface area contributed by atoms with Crippen LogP contribution in [0.5, 0.6) is 0 Å². The van der Waals surface area contributed by atoms with Crippen molar-refractivity contribution in [3.05, 3.63) is 0 Å². The molecule has 10 atom stereocenters. The first kappa shape index (κ1) is 18.4. The number of epoxide rings is 1. The zero-order valence-electron chi connectivity index (χ0n) is 17.4. The maximum absolute atomic E-state index is 11.5. The summed E-state index contributed by atoms with van der Waals surface area (Å²) < 4.78 is 12.1. The molecule has 1 spiro atoms. The molecule has 0 unspecified atom stereocenters. The van der Waals surface area contributed by atoms with Crippen molar-refractivity contribution in [1.82, 2.24) is 0 Å². The zero-order valence-corrected chi connectivity index (χ0v) is 17.4. The van der Waals surface area contributed by atoms with Gasteiger partial charge in [0.2, 0.25) is 0 Å². The van der Waals surface area contributed by atoms with E-state index in [0.717, 1.165) is 37.0 Å². The number of carbonyl (C=O) groups excluding carboxylic acids is 1. The molecule has 0 aromatic carbocycles. The van der Waals surface area contributed by atoms with Crippen molar-refractivity contribution in [2.75, 3.05) is 0 Å². The van der Waals surface area contributed by atoms with Gasteiger partial charge in [0.05, 0.1) is 12.2 Å². The van der Waals surface area contributed by atoms with E-state index >= 15 is 0 Å². The average molecular weight is 377 g/mol. The van der Waals surface area contributed by atoms with Gasteiger partial charge in [-0.2, -0.15) is 0 Å². The van der Waals surface area contributed by atoms with Crippen LogP contribution in [0.3, 0.4) is 0 Å². The summed E-state index contributed by atoms with van der Waals surface area (Å²) in [5.41, 5.74) is 0.486. The SMILES string of the molecule is CC(=O)O[C@H]1CC[C@]2(C)[C@H]3CC[C@]4(C)[C@@H]([C@@H](C)O)CC[C@H]4[C@@H]3C[C@H]3O[C@]32C1. The molecule has 4 heteroatoms. The smallest absolute Gasteiger partial charge is 0.302 e. The Bertz CT molecular complexity index is 646. The fourth-order valence-corrected chi connectivity index (χ4v) is 8.81. The Morgan fingerprint density at radius 1 is 1.15 bits per heavy atom. The number of aliphatic hydroxyl groups is 1. The minimum Gasteiger partial charge on any atom is -0.462 e. The van der Waals surface area contributed by atoms with Gasteiger partial charge in [0.25, 0.3) is 0 Å². The van der Waals surface area contributed by atoms with Crippen molar-refractivity contribution in [2.45, 2.75) is 103 Å². The summed E-state index contributed by atoms with van der Waals surface area (Å²) in [7, 11) is 0. The molecular formula is C23H36O4. The third kappa shape index (κ3) is 2.32. The van der Waals surface area contributed by atoms with Crippen LogP contribution in [0.25, 0.3) is 0 Å². The van der Waals surface area contributed by atoms with E-state index < -0.39 is 0 Å². The lowest BCUT2D eigenvalue weighted by Crippen LogP contribution is -2.59. The van der Waals surface area contributed by atoms with Gasteiger partial charge in [0.1, 0.15) is 11.7 Å². The van der Waals surface area contributed by atoms with E-state index in [1.54, 1.807) is 0 Å². The number of aliphatic hydroxyl groups excluding tert-OH is 1. The lowest BCUT2D eigenvalue weighted by Gasteiger charge is -2.59. The predicted molar refractivity (Wildman–Crippen MR) is 102 cm³/mol. The van der Waals surface area contributed by atoms with Crippen LogP contribution in [0.2, 0.25) is 0 Å². The highest BCUT2D eigenvalue weighted by atomic mass is 16.6. The fourth-order valence-electron chi connectivity index (χ4n) is 8.81. The number of esters is 1. The molecule has 1 saturated heterocycles. The average Bonchev–Trinajstić information content (AvgIpc) is 3.15. The van der Waals surface area contributed by atoms with Crippen molar-refractivity contribution in [3.8, 4) is 0 Å². The fraction of sp³-hybridized carbons (Fsp3) is 0.957. The summed E-state index contributed by atoms with van der Waals surface area (Å²) in [4.78, 5) is 11.5. The van der Waals surface area contributed by atoms with Crippen LogP contribution in [0.15, 0.2) is 0 Å². The van der Waals surface area contributed by atoms with E-state index in [-0.39, 0.29) is 29.2 Å². The van der Waals surface area contributed by atoms with E-state index in [9.17, 15) is 9.90 Å². The predicted octanol–water partition coefficient (Wildman–Crippen LogP) is 4.09. The van der Waals surface area contributed by atoms with Gasteiger partial charge in [-0.25, -0.2) is 0 Å². The summed E-state index contributed by atoms with van der Waals surface area (Å²) in [5, 5.41) is 10.4.